The molecule has 0 aliphatic heterocycles. The average Bonchev–Trinajstić information content (AvgIpc) is 2.26. The van der Waals surface area contributed by atoms with Gasteiger partial charge >= 0.3 is 0 Å². The third kappa shape index (κ3) is 2.80. The number of benzene rings is 1. The number of alkyl halides is 1. The third-order valence-corrected chi connectivity index (χ3v) is 2.66. The maximum atomic E-state index is 5.49. The van der Waals surface area contributed by atoms with E-state index < -0.39 is 0 Å². The fraction of sp³-hybridized carbons (Fsp3) is 0.273. The van der Waals surface area contributed by atoms with Gasteiger partial charge < -0.3 is 9.47 Å². The van der Waals surface area contributed by atoms with Gasteiger partial charge in [-0.05, 0) is 28.1 Å². The Balaban J connectivity index is 3.24. The van der Waals surface area contributed by atoms with Crippen molar-refractivity contribution in [3.63, 3.8) is 0 Å². The molecule has 4 heteroatoms. The topological polar surface area (TPSA) is 18.5 Å². The van der Waals surface area contributed by atoms with Crippen molar-refractivity contribution in [2.24, 2.45) is 0 Å². The van der Waals surface area contributed by atoms with Crippen LogP contribution in [0.4, 0.5) is 0 Å². The van der Waals surface area contributed by atoms with E-state index in [4.69, 9.17) is 21.1 Å². The minimum Gasteiger partial charge on any atom is -0.495 e. The molecule has 0 amide bonds. The average molecular weight is 290 g/mol. The summed E-state index contributed by atoms with van der Waals surface area (Å²) in [7, 11) is 3.19. The Labute approximate surface area is 103 Å². The predicted octanol–water partition coefficient (Wildman–Crippen LogP) is 3.06. The van der Waals surface area contributed by atoms with E-state index in [9.17, 15) is 0 Å². The van der Waals surface area contributed by atoms with Crippen LogP contribution in [-0.4, -0.2) is 20.1 Å². The summed E-state index contributed by atoms with van der Waals surface area (Å²) in [6, 6.07) is 3.66. The van der Waals surface area contributed by atoms with Crippen LogP contribution in [0.15, 0.2) is 16.6 Å². The van der Waals surface area contributed by atoms with E-state index in [1.165, 1.54) is 0 Å². The quantitative estimate of drug-likeness (QED) is 0.615. The molecule has 1 aromatic carbocycles. The third-order valence-electron chi connectivity index (χ3n) is 1.78. The molecule has 15 heavy (non-hydrogen) atoms. The highest BCUT2D eigenvalue weighted by atomic mass is 79.9. The van der Waals surface area contributed by atoms with Crippen molar-refractivity contribution in [1.82, 2.24) is 0 Å². The monoisotopic (exact) mass is 288 g/mol. The first-order valence-electron chi connectivity index (χ1n) is 4.20. The Hall–Kier alpha value is -0.850. The summed E-state index contributed by atoms with van der Waals surface area (Å²) in [5, 5.41) is 0. The van der Waals surface area contributed by atoms with Crippen molar-refractivity contribution in [3.8, 4) is 23.3 Å². The first-order chi connectivity index (χ1) is 7.24. The number of rotatable bonds is 2. The molecule has 0 fully saturated rings. The number of methoxy groups -OCH3 is 2. The zero-order valence-electron chi connectivity index (χ0n) is 8.43. The Bertz CT molecular complexity index is 407. The molecule has 0 saturated carbocycles. The second-order valence-electron chi connectivity index (χ2n) is 2.60. The molecule has 80 valence electrons. The molecule has 0 aliphatic rings. The van der Waals surface area contributed by atoms with E-state index in [1.807, 2.05) is 12.1 Å². The van der Waals surface area contributed by atoms with Crippen LogP contribution in [0.1, 0.15) is 5.56 Å². The lowest BCUT2D eigenvalue weighted by Crippen LogP contribution is -1.92. The minimum absolute atomic E-state index is 0.298. The molecule has 0 saturated heterocycles. The van der Waals surface area contributed by atoms with Crippen molar-refractivity contribution in [3.05, 3.63) is 22.2 Å². The summed E-state index contributed by atoms with van der Waals surface area (Å²) in [6.07, 6.45) is 0. The van der Waals surface area contributed by atoms with Gasteiger partial charge in [-0.2, -0.15) is 0 Å². The van der Waals surface area contributed by atoms with Crippen molar-refractivity contribution < 1.29 is 9.47 Å². The van der Waals surface area contributed by atoms with Crippen molar-refractivity contribution in [1.29, 1.82) is 0 Å². The molecule has 0 spiro atoms. The molecular formula is C11H10BrClO2. The molecule has 0 heterocycles. The van der Waals surface area contributed by atoms with E-state index in [0.29, 0.717) is 17.4 Å². The first-order valence-corrected chi connectivity index (χ1v) is 5.52. The van der Waals surface area contributed by atoms with Gasteiger partial charge in [0.1, 0.15) is 10.2 Å². The Morgan fingerprint density at radius 1 is 1.33 bits per heavy atom. The lowest BCUT2D eigenvalue weighted by Gasteiger charge is -2.09. The standard InChI is InChI=1S/C11H10BrClO2/c1-14-9-6-5-8(4-3-7-13)11(15-2)10(9)12/h5-6H,7H2,1-2H3. The smallest absolute Gasteiger partial charge is 0.152 e. The molecular weight excluding hydrogens is 279 g/mol. The van der Waals surface area contributed by atoms with Crippen molar-refractivity contribution >= 4 is 27.5 Å². The summed E-state index contributed by atoms with van der Waals surface area (Å²) >= 11 is 8.89. The zero-order valence-corrected chi connectivity index (χ0v) is 10.8. The number of hydrogen-bond acceptors (Lipinski definition) is 2. The van der Waals surface area contributed by atoms with Crippen molar-refractivity contribution in [2.45, 2.75) is 0 Å². The summed E-state index contributed by atoms with van der Waals surface area (Å²) in [4.78, 5) is 0. The summed E-state index contributed by atoms with van der Waals surface area (Å²) in [6.45, 7) is 0. The second-order valence-corrected chi connectivity index (χ2v) is 3.66. The molecule has 0 aromatic heterocycles. The SMILES string of the molecule is COc1ccc(C#CCCl)c(OC)c1Br. The molecule has 0 N–H and O–H groups in total. The largest absolute Gasteiger partial charge is 0.495 e. The fourth-order valence-corrected chi connectivity index (χ4v) is 1.86. The Morgan fingerprint density at radius 2 is 2.07 bits per heavy atom. The van der Waals surface area contributed by atoms with Crippen LogP contribution in [0.2, 0.25) is 0 Å². The Morgan fingerprint density at radius 3 is 2.60 bits per heavy atom. The molecule has 2 nitrogen and oxygen atoms in total. The summed E-state index contributed by atoms with van der Waals surface area (Å²) < 4.78 is 11.1. The number of ether oxygens (including phenoxy) is 2. The van der Waals surface area contributed by atoms with Crippen LogP contribution in [0.5, 0.6) is 11.5 Å². The lowest BCUT2D eigenvalue weighted by molar-refractivity contribution is 0.389. The van der Waals surface area contributed by atoms with Gasteiger partial charge in [0.05, 0.1) is 25.7 Å². The molecule has 0 aliphatic carbocycles. The molecule has 1 rings (SSSR count). The molecule has 0 bridgehead atoms. The van der Waals surface area contributed by atoms with Gasteiger partial charge in [-0.3, -0.25) is 0 Å². The maximum Gasteiger partial charge on any atom is 0.152 e. The normalized spacial score (nSPS) is 9.07. The predicted molar refractivity (Wildman–Crippen MR) is 64.8 cm³/mol. The molecule has 0 unspecified atom stereocenters. The number of hydrogen-bond donors (Lipinski definition) is 0. The fourth-order valence-electron chi connectivity index (χ4n) is 1.12. The highest BCUT2D eigenvalue weighted by molar-refractivity contribution is 9.10. The zero-order chi connectivity index (χ0) is 11.3. The van der Waals surface area contributed by atoms with E-state index in [1.54, 1.807) is 14.2 Å². The van der Waals surface area contributed by atoms with Crippen LogP contribution >= 0.6 is 27.5 Å². The van der Waals surface area contributed by atoms with Crippen LogP contribution in [-0.2, 0) is 0 Å². The highest BCUT2D eigenvalue weighted by Gasteiger charge is 2.10. The lowest BCUT2D eigenvalue weighted by atomic mass is 10.2. The number of halogens is 2. The van der Waals surface area contributed by atoms with Crippen molar-refractivity contribution in [2.75, 3.05) is 20.1 Å². The molecule has 0 radical (unpaired) electrons. The molecule has 1 aromatic rings. The van der Waals surface area contributed by atoms with E-state index in [2.05, 4.69) is 27.8 Å². The van der Waals surface area contributed by atoms with Gasteiger partial charge in [0.2, 0.25) is 0 Å². The van der Waals surface area contributed by atoms with Gasteiger partial charge in [-0.15, -0.1) is 11.6 Å². The van der Waals surface area contributed by atoms with E-state index >= 15 is 0 Å². The van der Waals surface area contributed by atoms with Crippen LogP contribution < -0.4 is 9.47 Å². The van der Waals surface area contributed by atoms with Crippen LogP contribution in [0.3, 0.4) is 0 Å². The molecule has 0 atom stereocenters. The van der Waals surface area contributed by atoms with Gasteiger partial charge in [-0.1, -0.05) is 11.8 Å². The van der Waals surface area contributed by atoms with Gasteiger partial charge in [-0.25, -0.2) is 0 Å². The van der Waals surface area contributed by atoms with Gasteiger partial charge in [0.15, 0.2) is 5.75 Å². The van der Waals surface area contributed by atoms with Gasteiger partial charge in [0.25, 0.3) is 0 Å². The van der Waals surface area contributed by atoms with E-state index in [0.717, 1.165) is 10.0 Å². The summed E-state index contributed by atoms with van der Waals surface area (Å²) in [5.74, 6) is 7.36. The summed E-state index contributed by atoms with van der Waals surface area (Å²) in [5.41, 5.74) is 0.783. The van der Waals surface area contributed by atoms with Crippen LogP contribution in [0, 0.1) is 11.8 Å². The first kappa shape index (κ1) is 12.2. The van der Waals surface area contributed by atoms with Gasteiger partial charge in [0, 0.05) is 0 Å². The minimum atomic E-state index is 0.298. The van der Waals surface area contributed by atoms with E-state index in [-0.39, 0.29) is 0 Å². The highest BCUT2D eigenvalue weighted by Crippen LogP contribution is 2.36. The Kier molecular flexibility index (Phi) is 4.80. The maximum absolute atomic E-state index is 5.49. The second kappa shape index (κ2) is 5.89. The van der Waals surface area contributed by atoms with Crippen LogP contribution in [0.25, 0.3) is 0 Å².